The van der Waals surface area contributed by atoms with Crippen molar-refractivity contribution in [2.24, 2.45) is 7.05 Å². The molecular weight excluding hydrogens is 708 g/mol. The Bertz CT molecular complexity index is 2410. The van der Waals surface area contributed by atoms with E-state index >= 15 is 0 Å². The molecule has 1 N–H and O–H groups in total. The number of aromatic nitrogens is 5. The van der Waals surface area contributed by atoms with Crippen LogP contribution in [0.5, 0.6) is 11.5 Å². The first kappa shape index (κ1) is 35.8. The van der Waals surface area contributed by atoms with Crippen LogP contribution in [0.1, 0.15) is 57.7 Å². The van der Waals surface area contributed by atoms with E-state index < -0.39 is 29.7 Å². The summed E-state index contributed by atoms with van der Waals surface area (Å²) in [5.74, 6) is -0.856. The SMILES string of the molecule is COc1cc(-c2cn(C)c(=O)c3cnccc23)cc(OC)c1CN1CCC(OCc2cn(-c3ccc4c(c3)C(=O)N(C3CCC(=O)NC3=O)C4=O)nn2)CC1. The maximum Gasteiger partial charge on any atom is 0.262 e. The summed E-state index contributed by atoms with van der Waals surface area (Å²) in [6.07, 6.45) is 8.57. The van der Waals surface area contributed by atoms with E-state index in [4.69, 9.17) is 14.2 Å². The minimum atomic E-state index is -1.04. The van der Waals surface area contributed by atoms with E-state index in [1.165, 1.54) is 10.7 Å². The summed E-state index contributed by atoms with van der Waals surface area (Å²) < 4.78 is 21.1. The van der Waals surface area contributed by atoms with Crippen molar-refractivity contribution < 1.29 is 33.4 Å². The highest BCUT2D eigenvalue weighted by Gasteiger charge is 2.44. The summed E-state index contributed by atoms with van der Waals surface area (Å²) in [7, 11) is 5.01. The van der Waals surface area contributed by atoms with Gasteiger partial charge in [0.25, 0.3) is 17.4 Å². The maximum absolute atomic E-state index is 13.3. The molecule has 0 aliphatic carbocycles. The van der Waals surface area contributed by atoms with Crippen LogP contribution in [0.2, 0.25) is 0 Å². The Balaban J connectivity index is 0.891. The minimum absolute atomic E-state index is 0.0157. The first-order chi connectivity index (χ1) is 26.6. The number of aryl methyl sites for hydroxylation is 1. The number of piperidine rings is 2. The largest absolute Gasteiger partial charge is 0.496 e. The predicted molar refractivity (Wildman–Crippen MR) is 197 cm³/mol. The van der Waals surface area contributed by atoms with Crippen LogP contribution < -0.4 is 20.3 Å². The van der Waals surface area contributed by atoms with Gasteiger partial charge in [0.2, 0.25) is 11.8 Å². The molecule has 2 fully saturated rings. The average Bonchev–Trinajstić information content (AvgIpc) is 3.77. The lowest BCUT2D eigenvalue weighted by Crippen LogP contribution is -2.54. The zero-order valence-electron chi connectivity index (χ0n) is 30.5. The maximum atomic E-state index is 13.3. The molecule has 16 nitrogen and oxygen atoms in total. The normalized spacial score (nSPS) is 17.9. The molecule has 1 unspecified atom stereocenters. The van der Waals surface area contributed by atoms with Crippen LogP contribution in [0, 0.1) is 0 Å². The minimum Gasteiger partial charge on any atom is -0.496 e. The Morgan fingerprint density at radius 1 is 0.855 bits per heavy atom. The monoisotopic (exact) mass is 746 g/mol. The molecule has 6 heterocycles. The molecule has 0 saturated carbocycles. The number of likely N-dealkylation sites (tertiary alicyclic amines) is 1. The van der Waals surface area contributed by atoms with Crippen molar-refractivity contribution in [2.75, 3.05) is 27.3 Å². The van der Waals surface area contributed by atoms with Crippen LogP contribution in [-0.2, 0) is 34.5 Å². The summed E-state index contributed by atoms with van der Waals surface area (Å²) >= 11 is 0. The van der Waals surface area contributed by atoms with Gasteiger partial charge in [-0.15, -0.1) is 5.10 Å². The molecule has 16 heteroatoms. The third kappa shape index (κ3) is 6.63. The highest BCUT2D eigenvalue weighted by molar-refractivity contribution is 6.23. The molecule has 0 spiro atoms. The smallest absolute Gasteiger partial charge is 0.262 e. The van der Waals surface area contributed by atoms with Gasteiger partial charge in [-0.3, -0.25) is 44.1 Å². The number of amides is 4. The molecule has 3 aliphatic heterocycles. The van der Waals surface area contributed by atoms with Gasteiger partial charge < -0.3 is 18.8 Å². The Morgan fingerprint density at radius 3 is 2.33 bits per heavy atom. The highest BCUT2D eigenvalue weighted by Crippen LogP contribution is 2.38. The summed E-state index contributed by atoms with van der Waals surface area (Å²) in [4.78, 5) is 70.5. The molecule has 2 saturated heterocycles. The van der Waals surface area contributed by atoms with E-state index in [2.05, 4.69) is 25.5 Å². The number of carbonyl (C=O) groups is 4. The van der Waals surface area contributed by atoms with Crippen LogP contribution in [0.25, 0.3) is 27.6 Å². The molecule has 2 aromatic carbocycles. The lowest BCUT2D eigenvalue weighted by atomic mass is 9.98. The Hall–Kier alpha value is -6.26. The summed E-state index contributed by atoms with van der Waals surface area (Å²) in [6.45, 7) is 2.45. The molecule has 0 radical (unpaired) electrons. The van der Waals surface area contributed by atoms with Crippen LogP contribution in [-0.4, -0.2) is 97.4 Å². The second-order valence-electron chi connectivity index (χ2n) is 13.9. The van der Waals surface area contributed by atoms with E-state index in [0.29, 0.717) is 34.8 Å². The molecule has 3 aromatic heterocycles. The number of hydrogen-bond acceptors (Lipinski definition) is 12. The molecule has 55 heavy (non-hydrogen) atoms. The van der Waals surface area contributed by atoms with E-state index in [0.717, 1.165) is 52.9 Å². The highest BCUT2D eigenvalue weighted by atomic mass is 16.5. The van der Waals surface area contributed by atoms with Crippen molar-refractivity contribution in [2.45, 2.75) is 51.0 Å². The van der Waals surface area contributed by atoms with Gasteiger partial charge in [0, 0.05) is 57.3 Å². The molecule has 4 amide bonds. The van der Waals surface area contributed by atoms with Gasteiger partial charge in [0.05, 0.1) is 60.9 Å². The van der Waals surface area contributed by atoms with Gasteiger partial charge >= 0.3 is 0 Å². The fourth-order valence-corrected chi connectivity index (χ4v) is 7.59. The molecule has 3 aliphatic rings. The van der Waals surface area contributed by atoms with E-state index in [1.54, 1.807) is 56.6 Å². The first-order valence-electron chi connectivity index (χ1n) is 17.9. The van der Waals surface area contributed by atoms with Crippen molar-refractivity contribution in [1.29, 1.82) is 0 Å². The Kier molecular flexibility index (Phi) is 9.44. The molecular formula is C39H38N8O8. The van der Waals surface area contributed by atoms with E-state index in [-0.39, 0.29) is 42.2 Å². The lowest BCUT2D eigenvalue weighted by molar-refractivity contribution is -0.136. The van der Waals surface area contributed by atoms with Gasteiger partial charge in [0.1, 0.15) is 23.2 Å². The number of carbonyl (C=O) groups excluding carboxylic acids is 4. The predicted octanol–water partition coefficient (Wildman–Crippen LogP) is 2.78. The number of rotatable bonds is 10. The van der Waals surface area contributed by atoms with Crippen molar-refractivity contribution in [3.05, 3.63) is 93.9 Å². The van der Waals surface area contributed by atoms with Gasteiger partial charge in [-0.2, -0.15) is 0 Å². The van der Waals surface area contributed by atoms with Gasteiger partial charge in [-0.1, -0.05) is 5.21 Å². The van der Waals surface area contributed by atoms with E-state index in [1.807, 2.05) is 24.4 Å². The number of fused-ring (bicyclic) bond motifs is 2. The molecule has 0 bridgehead atoms. The molecule has 5 aromatic rings. The number of ether oxygens (including phenoxy) is 3. The average molecular weight is 747 g/mol. The quantitative estimate of drug-likeness (QED) is 0.207. The zero-order chi connectivity index (χ0) is 38.4. The van der Waals surface area contributed by atoms with Gasteiger partial charge in [-0.05, 0) is 66.6 Å². The fourth-order valence-electron chi connectivity index (χ4n) is 7.59. The summed E-state index contributed by atoms with van der Waals surface area (Å²) in [6, 6.07) is 9.53. The first-order valence-corrected chi connectivity index (χ1v) is 17.9. The second-order valence-corrected chi connectivity index (χ2v) is 13.9. The number of benzene rings is 2. The van der Waals surface area contributed by atoms with Crippen molar-refractivity contribution in [3.8, 4) is 28.3 Å². The number of methoxy groups -OCH3 is 2. The van der Waals surface area contributed by atoms with Crippen LogP contribution in [0.3, 0.4) is 0 Å². The van der Waals surface area contributed by atoms with Crippen LogP contribution >= 0.6 is 0 Å². The fraction of sp³-hybridized carbons (Fsp3) is 0.333. The lowest BCUT2D eigenvalue weighted by Gasteiger charge is -2.32. The van der Waals surface area contributed by atoms with Crippen LogP contribution in [0.15, 0.2) is 66.0 Å². The second kappa shape index (κ2) is 14.5. The zero-order valence-corrected chi connectivity index (χ0v) is 30.5. The number of pyridine rings is 2. The van der Waals surface area contributed by atoms with Gasteiger partial charge in [-0.25, -0.2) is 4.68 Å². The summed E-state index contributed by atoms with van der Waals surface area (Å²) in [5.41, 5.74) is 4.04. The Morgan fingerprint density at radius 2 is 1.60 bits per heavy atom. The third-order valence-corrected chi connectivity index (χ3v) is 10.5. The number of hydrogen-bond donors (Lipinski definition) is 1. The molecule has 1 atom stereocenters. The summed E-state index contributed by atoms with van der Waals surface area (Å²) in [5, 5.41) is 12.0. The van der Waals surface area contributed by atoms with Crippen molar-refractivity contribution in [1.82, 2.24) is 39.7 Å². The molecule has 8 rings (SSSR count). The number of imide groups is 2. The van der Waals surface area contributed by atoms with Crippen molar-refractivity contribution >= 4 is 34.4 Å². The topological polar surface area (TPSA) is 180 Å². The van der Waals surface area contributed by atoms with E-state index in [9.17, 15) is 24.0 Å². The Labute approximate surface area is 314 Å². The van der Waals surface area contributed by atoms with Gasteiger partial charge in [0.15, 0.2) is 0 Å². The third-order valence-electron chi connectivity index (χ3n) is 10.5. The molecule has 282 valence electrons. The standard InChI is InChI=1S/C39H38N8O8/c1-44-19-30(26-8-11-40-17-29(26)37(44)50)22-14-33(53-2)31(34(15-22)54-3)20-45-12-9-25(10-13-45)55-21-23-18-46(43-42-23)24-4-5-27-28(16-24)39(52)47(38(27)51)32-6-7-35(48)41-36(32)49/h4-5,8,11,14-19,25,32H,6-7,9-10,12-13,20-21H2,1-3H3,(H,41,48,49). The number of nitrogens with one attached hydrogen (secondary N) is 1. The van der Waals surface area contributed by atoms with Crippen LogP contribution in [0.4, 0.5) is 0 Å². The van der Waals surface area contributed by atoms with Crippen molar-refractivity contribution in [3.63, 3.8) is 0 Å². The number of nitrogens with zero attached hydrogens (tertiary/aromatic N) is 7.